The Labute approximate surface area is 101 Å². The molecule has 2 N–H and O–H groups in total. The van der Waals surface area contributed by atoms with E-state index in [1.165, 1.54) is 32.1 Å². The summed E-state index contributed by atoms with van der Waals surface area (Å²) in [6, 6.07) is 2.01. The molecular formula is C13H18N4. The predicted molar refractivity (Wildman–Crippen MR) is 68.7 cm³/mol. The second-order valence-corrected chi connectivity index (χ2v) is 5.23. The number of nitrogens with two attached hydrogens (primary N) is 1. The lowest BCUT2D eigenvalue weighted by Gasteiger charge is -2.36. The molecular weight excluding hydrogens is 212 g/mol. The molecule has 0 radical (unpaired) electrons. The van der Waals surface area contributed by atoms with Crippen molar-refractivity contribution in [2.75, 3.05) is 5.73 Å². The normalized spacial score (nSPS) is 19.6. The summed E-state index contributed by atoms with van der Waals surface area (Å²) in [6.45, 7) is 2.30. The minimum Gasteiger partial charge on any atom is -0.369 e. The number of pyridine rings is 1. The van der Waals surface area contributed by atoms with Gasteiger partial charge in [0.25, 0.3) is 0 Å². The molecule has 1 fully saturated rings. The zero-order valence-corrected chi connectivity index (χ0v) is 10.2. The molecule has 0 amide bonds. The van der Waals surface area contributed by atoms with Gasteiger partial charge in [-0.1, -0.05) is 19.3 Å². The van der Waals surface area contributed by atoms with Crippen LogP contribution in [-0.2, 0) is 5.54 Å². The van der Waals surface area contributed by atoms with Crippen LogP contribution in [0.15, 0.2) is 18.5 Å². The van der Waals surface area contributed by atoms with E-state index in [0.717, 1.165) is 11.0 Å². The number of hydrogen-bond acceptors (Lipinski definition) is 3. The summed E-state index contributed by atoms with van der Waals surface area (Å²) >= 11 is 0. The monoisotopic (exact) mass is 230 g/mol. The Morgan fingerprint density at radius 2 is 2.06 bits per heavy atom. The van der Waals surface area contributed by atoms with Gasteiger partial charge in [-0.15, -0.1) is 0 Å². The Hall–Kier alpha value is -1.58. The Morgan fingerprint density at radius 3 is 2.82 bits per heavy atom. The Bertz CT molecular complexity index is 537. The third-order valence-electron chi connectivity index (χ3n) is 3.95. The first kappa shape index (κ1) is 10.6. The minimum absolute atomic E-state index is 0.123. The van der Waals surface area contributed by atoms with Crippen molar-refractivity contribution >= 4 is 17.0 Å². The van der Waals surface area contributed by atoms with Crippen molar-refractivity contribution in [3.05, 3.63) is 18.5 Å². The van der Waals surface area contributed by atoms with E-state index in [-0.39, 0.29) is 5.54 Å². The molecule has 17 heavy (non-hydrogen) atoms. The molecule has 0 atom stereocenters. The van der Waals surface area contributed by atoms with Crippen LogP contribution in [-0.4, -0.2) is 14.5 Å². The second kappa shape index (κ2) is 3.72. The lowest BCUT2D eigenvalue weighted by molar-refractivity contribution is 0.228. The average molecular weight is 230 g/mol. The standard InChI is InChI=1S/C13H18N4/c1-13(6-3-2-4-7-13)17-11-5-8-15-9-10(11)16-12(17)14/h5,8-9H,2-4,6-7H2,1H3,(H2,14,16). The maximum atomic E-state index is 6.09. The van der Waals surface area contributed by atoms with Crippen molar-refractivity contribution in [3.8, 4) is 0 Å². The first-order valence-corrected chi connectivity index (χ1v) is 6.29. The fraction of sp³-hybridized carbons (Fsp3) is 0.538. The number of nitrogens with zero attached hydrogens (tertiary/aromatic N) is 3. The highest BCUT2D eigenvalue weighted by Gasteiger charge is 2.31. The highest BCUT2D eigenvalue weighted by molar-refractivity contribution is 5.77. The lowest BCUT2D eigenvalue weighted by Crippen LogP contribution is -2.33. The number of imidazole rings is 1. The number of rotatable bonds is 1. The van der Waals surface area contributed by atoms with Gasteiger partial charge in [0.05, 0.1) is 11.7 Å². The highest BCUT2D eigenvalue weighted by Crippen LogP contribution is 2.38. The van der Waals surface area contributed by atoms with Gasteiger partial charge in [0.2, 0.25) is 5.95 Å². The van der Waals surface area contributed by atoms with Crippen molar-refractivity contribution in [2.24, 2.45) is 0 Å². The SMILES string of the molecule is CC1(n2c(N)nc3cnccc32)CCCCC1. The van der Waals surface area contributed by atoms with Crippen LogP contribution < -0.4 is 5.73 Å². The molecule has 90 valence electrons. The van der Waals surface area contributed by atoms with Crippen LogP contribution in [0.5, 0.6) is 0 Å². The molecule has 0 spiro atoms. The molecule has 2 aromatic rings. The minimum atomic E-state index is 0.123. The summed E-state index contributed by atoms with van der Waals surface area (Å²) in [7, 11) is 0. The van der Waals surface area contributed by atoms with Crippen molar-refractivity contribution in [1.82, 2.24) is 14.5 Å². The maximum absolute atomic E-state index is 6.09. The summed E-state index contributed by atoms with van der Waals surface area (Å²) in [5, 5.41) is 0. The molecule has 0 unspecified atom stereocenters. The number of anilines is 1. The summed E-state index contributed by atoms with van der Waals surface area (Å²) in [5.41, 5.74) is 8.23. The van der Waals surface area contributed by atoms with Gasteiger partial charge >= 0.3 is 0 Å². The van der Waals surface area contributed by atoms with Gasteiger partial charge in [-0.25, -0.2) is 4.98 Å². The fourth-order valence-electron chi connectivity index (χ4n) is 3.06. The Kier molecular flexibility index (Phi) is 2.31. The van der Waals surface area contributed by atoms with Gasteiger partial charge in [-0.2, -0.15) is 0 Å². The molecule has 3 rings (SSSR count). The van der Waals surface area contributed by atoms with E-state index < -0.39 is 0 Å². The van der Waals surface area contributed by atoms with Crippen molar-refractivity contribution in [2.45, 2.75) is 44.6 Å². The predicted octanol–water partition coefficient (Wildman–Crippen LogP) is 2.69. The summed E-state index contributed by atoms with van der Waals surface area (Å²) < 4.78 is 2.21. The molecule has 1 aliphatic carbocycles. The lowest BCUT2D eigenvalue weighted by atomic mass is 9.83. The van der Waals surface area contributed by atoms with Gasteiger partial charge in [-0.05, 0) is 25.8 Å². The third-order valence-corrected chi connectivity index (χ3v) is 3.95. The molecule has 0 bridgehead atoms. The van der Waals surface area contributed by atoms with Crippen LogP contribution in [0.3, 0.4) is 0 Å². The smallest absolute Gasteiger partial charge is 0.201 e. The number of nitrogen functional groups attached to an aromatic ring is 1. The first-order valence-electron chi connectivity index (χ1n) is 6.29. The van der Waals surface area contributed by atoms with Crippen molar-refractivity contribution in [1.29, 1.82) is 0 Å². The van der Waals surface area contributed by atoms with Gasteiger partial charge in [0, 0.05) is 11.7 Å². The van der Waals surface area contributed by atoms with Gasteiger partial charge < -0.3 is 10.3 Å². The van der Waals surface area contributed by atoms with E-state index in [1.54, 1.807) is 6.20 Å². The number of aromatic nitrogens is 3. The van der Waals surface area contributed by atoms with Crippen molar-refractivity contribution < 1.29 is 0 Å². The molecule has 1 saturated carbocycles. The molecule has 4 nitrogen and oxygen atoms in total. The maximum Gasteiger partial charge on any atom is 0.201 e. The second-order valence-electron chi connectivity index (χ2n) is 5.23. The van der Waals surface area contributed by atoms with Crippen LogP contribution in [0.1, 0.15) is 39.0 Å². The van der Waals surface area contributed by atoms with Gasteiger partial charge in [0.1, 0.15) is 5.52 Å². The highest BCUT2D eigenvalue weighted by atomic mass is 15.2. The average Bonchev–Trinajstić information content (AvgIpc) is 2.66. The first-order chi connectivity index (χ1) is 8.21. The molecule has 1 aliphatic rings. The van der Waals surface area contributed by atoms with Crippen LogP contribution in [0.25, 0.3) is 11.0 Å². The molecule has 4 heteroatoms. The Balaban J connectivity index is 2.18. The van der Waals surface area contributed by atoms with E-state index in [2.05, 4.69) is 21.5 Å². The van der Waals surface area contributed by atoms with Crippen LogP contribution >= 0.6 is 0 Å². The topological polar surface area (TPSA) is 56.7 Å². The zero-order chi connectivity index (χ0) is 11.9. The Morgan fingerprint density at radius 1 is 1.29 bits per heavy atom. The molecule has 0 saturated heterocycles. The van der Waals surface area contributed by atoms with Crippen LogP contribution in [0.4, 0.5) is 5.95 Å². The van der Waals surface area contributed by atoms with E-state index >= 15 is 0 Å². The van der Waals surface area contributed by atoms with Gasteiger partial charge in [-0.3, -0.25) is 4.98 Å². The quantitative estimate of drug-likeness (QED) is 0.819. The van der Waals surface area contributed by atoms with E-state index in [1.807, 2.05) is 12.3 Å². The molecule has 0 aromatic carbocycles. The van der Waals surface area contributed by atoms with E-state index in [9.17, 15) is 0 Å². The van der Waals surface area contributed by atoms with E-state index in [4.69, 9.17) is 5.73 Å². The third kappa shape index (κ3) is 1.59. The van der Waals surface area contributed by atoms with E-state index in [0.29, 0.717) is 5.95 Å². The molecule has 2 heterocycles. The fourth-order valence-corrected chi connectivity index (χ4v) is 3.06. The van der Waals surface area contributed by atoms with Gasteiger partial charge in [0.15, 0.2) is 0 Å². The summed E-state index contributed by atoms with van der Waals surface area (Å²) in [4.78, 5) is 8.52. The van der Waals surface area contributed by atoms with Crippen LogP contribution in [0, 0.1) is 0 Å². The largest absolute Gasteiger partial charge is 0.369 e. The summed E-state index contributed by atoms with van der Waals surface area (Å²) in [6.07, 6.45) is 9.86. The summed E-state index contributed by atoms with van der Waals surface area (Å²) in [5.74, 6) is 0.623. The number of hydrogen-bond donors (Lipinski definition) is 1. The zero-order valence-electron chi connectivity index (χ0n) is 10.2. The molecule has 0 aliphatic heterocycles. The van der Waals surface area contributed by atoms with Crippen LogP contribution in [0.2, 0.25) is 0 Å². The number of fused-ring (bicyclic) bond motifs is 1. The van der Waals surface area contributed by atoms with Crippen molar-refractivity contribution in [3.63, 3.8) is 0 Å². The molecule has 2 aromatic heterocycles.